The lowest BCUT2D eigenvalue weighted by Gasteiger charge is -2.24. The number of carbonyl (C=O) groups excluding carboxylic acids is 1. The Hall–Kier alpha value is -4.51. The zero-order valence-electron chi connectivity index (χ0n) is 22.5. The highest BCUT2D eigenvalue weighted by molar-refractivity contribution is 5.91. The minimum absolute atomic E-state index is 0.103. The Bertz CT molecular complexity index is 1560. The van der Waals surface area contributed by atoms with E-state index in [1.807, 2.05) is 57.2 Å². The van der Waals surface area contributed by atoms with Gasteiger partial charge in [0.15, 0.2) is 11.6 Å². The van der Waals surface area contributed by atoms with Gasteiger partial charge in [0.2, 0.25) is 0 Å². The predicted molar refractivity (Wildman–Crippen MR) is 150 cm³/mol. The maximum atomic E-state index is 14.7. The van der Waals surface area contributed by atoms with Gasteiger partial charge in [-0.3, -0.25) is 0 Å². The van der Waals surface area contributed by atoms with E-state index in [1.165, 1.54) is 13.2 Å². The largest absolute Gasteiger partial charge is 0.494 e. The number of anilines is 1. The van der Waals surface area contributed by atoms with Crippen LogP contribution in [0.3, 0.4) is 0 Å². The van der Waals surface area contributed by atoms with E-state index in [-0.39, 0.29) is 17.9 Å². The molecule has 1 aromatic heterocycles. The van der Waals surface area contributed by atoms with Crippen LogP contribution in [-0.2, 0) is 4.74 Å². The maximum Gasteiger partial charge on any atom is 0.410 e. The number of aromatic nitrogens is 1. The molecule has 1 fully saturated rings. The van der Waals surface area contributed by atoms with E-state index in [0.717, 1.165) is 34.4 Å². The topological polar surface area (TPSA) is 79.5 Å². The third-order valence-corrected chi connectivity index (χ3v) is 6.71. The second kappa shape index (κ2) is 10.3. The maximum absolute atomic E-state index is 14.7. The summed E-state index contributed by atoms with van der Waals surface area (Å²) in [5.74, 6) is -0.256. The molecular formula is C31H31FN4O3. The molecule has 1 aliphatic rings. The summed E-state index contributed by atoms with van der Waals surface area (Å²) in [4.78, 5) is 14.2. The zero-order valence-corrected chi connectivity index (χ0v) is 22.5. The van der Waals surface area contributed by atoms with E-state index in [4.69, 9.17) is 9.47 Å². The summed E-state index contributed by atoms with van der Waals surface area (Å²) < 4.78 is 27.4. The summed E-state index contributed by atoms with van der Waals surface area (Å²) in [6.45, 7) is 6.80. The van der Waals surface area contributed by atoms with Crippen molar-refractivity contribution < 1.29 is 18.7 Å². The number of hydrogen-bond acceptors (Lipinski definition) is 5. The number of halogens is 1. The van der Waals surface area contributed by atoms with Crippen molar-refractivity contribution in [2.45, 2.75) is 38.8 Å². The first kappa shape index (κ1) is 26.1. The summed E-state index contributed by atoms with van der Waals surface area (Å²) in [6.07, 6.45) is 0.526. The highest BCUT2D eigenvalue weighted by Crippen LogP contribution is 2.35. The second-order valence-electron chi connectivity index (χ2n) is 10.7. The first-order chi connectivity index (χ1) is 18.6. The summed E-state index contributed by atoms with van der Waals surface area (Å²) in [5, 5.41) is 13.8. The molecule has 200 valence electrons. The highest BCUT2D eigenvalue weighted by Gasteiger charge is 2.29. The lowest BCUT2D eigenvalue weighted by molar-refractivity contribution is 0.0293. The van der Waals surface area contributed by atoms with Crippen molar-refractivity contribution in [2.24, 2.45) is 0 Å². The number of methoxy groups -OCH3 is 1. The summed E-state index contributed by atoms with van der Waals surface area (Å²) >= 11 is 0. The Labute approximate surface area is 227 Å². The fraction of sp³-hybridized carbons (Fsp3) is 0.290. The number of ether oxygens (including phenoxy) is 2. The molecule has 1 N–H and O–H groups in total. The van der Waals surface area contributed by atoms with Gasteiger partial charge in [0.25, 0.3) is 0 Å². The zero-order chi connectivity index (χ0) is 27.7. The third-order valence-electron chi connectivity index (χ3n) is 6.71. The minimum atomic E-state index is -0.528. The number of amides is 1. The van der Waals surface area contributed by atoms with Gasteiger partial charge in [-0.1, -0.05) is 0 Å². The summed E-state index contributed by atoms with van der Waals surface area (Å²) in [5.41, 5.74) is 4.29. The molecule has 0 unspecified atom stereocenters. The number of nitrogens with one attached hydrogen (secondary N) is 1. The van der Waals surface area contributed by atoms with Crippen molar-refractivity contribution in [3.63, 3.8) is 0 Å². The first-order valence-electron chi connectivity index (χ1n) is 12.9. The van der Waals surface area contributed by atoms with Crippen LogP contribution in [0.5, 0.6) is 5.75 Å². The fourth-order valence-corrected chi connectivity index (χ4v) is 4.91. The normalized spacial score (nSPS) is 15.3. The van der Waals surface area contributed by atoms with Crippen LogP contribution < -0.4 is 10.1 Å². The van der Waals surface area contributed by atoms with Gasteiger partial charge in [-0.2, -0.15) is 5.26 Å². The number of nitrogens with zero attached hydrogens (tertiary/aromatic N) is 3. The quantitative estimate of drug-likeness (QED) is 0.312. The average Bonchev–Trinajstić information content (AvgIpc) is 3.52. The molecule has 4 aromatic rings. The Morgan fingerprint density at radius 2 is 1.85 bits per heavy atom. The minimum Gasteiger partial charge on any atom is -0.494 e. The number of likely N-dealkylation sites (tertiary alicyclic amines) is 1. The molecule has 0 spiro atoms. The van der Waals surface area contributed by atoms with Gasteiger partial charge in [0, 0.05) is 41.5 Å². The van der Waals surface area contributed by atoms with Crippen LogP contribution in [0.1, 0.15) is 32.8 Å². The first-order valence-corrected chi connectivity index (χ1v) is 12.9. The van der Waals surface area contributed by atoms with Gasteiger partial charge in [0.1, 0.15) is 5.60 Å². The second-order valence-corrected chi connectivity index (χ2v) is 10.7. The van der Waals surface area contributed by atoms with E-state index in [1.54, 1.807) is 23.1 Å². The van der Waals surface area contributed by atoms with Crippen LogP contribution in [0.4, 0.5) is 14.9 Å². The van der Waals surface area contributed by atoms with Crippen molar-refractivity contribution in [2.75, 3.05) is 25.5 Å². The van der Waals surface area contributed by atoms with E-state index >= 15 is 0 Å². The molecule has 39 heavy (non-hydrogen) atoms. The standard InChI is InChI=1S/C31H31FN4O3/c1-31(2,3)39-30(37)35-14-13-24(19-35)34-23-8-11-27-22(15-23)17-28(21-7-12-29(38-4)26(32)16-21)36(27)25-9-5-20(18-33)6-10-25/h5-12,15-17,24,34H,13-14,19H2,1-4H3/t24-/m1/s1. The van der Waals surface area contributed by atoms with Gasteiger partial charge in [0.05, 0.1) is 30.0 Å². The monoisotopic (exact) mass is 526 g/mol. The van der Waals surface area contributed by atoms with E-state index in [2.05, 4.69) is 22.0 Å². The lowest BCUT2D eigenvalue weighted by Crippen LogP contribution is -2.36. The van der Waals surface area contributed by atoms with Crippen LogP contribution in [0.25, 0.3) is 27.8 Å². The molecule has 1 atom stereocenters. The number of nitriles is 1. The molecule has 0 aliphatic carbocycles. The number of carbonyl (C=O) groups is 1. The number of fused-ring (bicyclic) bond motifs is 1. The van der Waals surface area contributed by atoms with Crippen LogP contribution >= 0.6 is 0 Å². The van der Waals surface area contributed by atoms with Gasteiger partial charge in [-0.15, -0.1) is 0 Å². The number of benzene rings is 3. The van der Waals surface area contributed by atoms with E-state index < -0.39 is 11.4 Å². The molecule has 1 saturated heterocycles. The fourth-order valence-electron chi connectivity index (χ4n) is 4.91. The van der Waals surface area contributed by atoms with Crippen molar-refractivity contribution in [3.8, 4) is 28.8 Å². The molecule has 3 aromatic carbocycles. The lowest BCUT2D eigenvalue weighted by atomic mass is 10.1. The molecule has 7 nitrogen and oxygen atoms in total. The summed E-state index contributed by atoms with van der Waals surface area (Å²) in [6, 6.07) is 22.6. The van der Waals surface area contributed by atoms with E-state index in [9.17, 15) is 14.4 Å². The van der Waals surface area contributed by atoms with Crippen LogP contribution in [0.2, 0.25) is 0 Å². The molecule has 2 heterocycles. The molecular weight excluding hydrogens is 495 g/mol. The van der Waals surface area contributed by atoms with Gasteiger partial charge in [-0.05, 0) is 93.9 Å². The Morgan fingerprint density at radius 1 is 1.08 bits per heavy atom. The molecule has 0 bridgehead atoms. The molecule has 1 aliphatic heterocycles. The van der Waals surface area contributed by atoms with Crippen LogP contribution in [0.15, 0.2) is 66.7 Å². The van der Waals surface area contributed by atoms with E-state index in [0.29, 0.717) is 24.2 Å². The third kappa shape index (κ3) is 5.53. The van der Waals surface area contributed by atoms with Gasteiger partial charge in [-0.25, -0.2) is 9.18 Å². The van der Waals surface area contributed by atoms with Crippen molar-refractivity contribution in [1.29, 1.82) is 5.26 Å². The SMILES string of the molecule is COc1ccc(-c2cc3cc(N[C@@H]4CCN(C(=O)OC(C)(C)C)C4)ccc3n2-c2ccc(C#N)cc2)cc1F. The highest BCUT2D eigenvalue weighted by atomic mass is 19.1. The predicted octanol–water partition coefficient (Wildman–Crippen LogP) is 6.74. The molecule has 0 saturated carbocycles. The van der Waals surface area contributed by atoms with Crippen LogP contribution in [-0.4, -0.2) is 47.4 Å². The van der Waals surface area contributed by atoms with Gasteiger partial charge < -0.3 is 24.3 Å². The van der Waals surface area contributed by atoms with Crippen molar-refractivity contribution in [1.82, 2.24) is 9.47 Å². The molecule has 1 amide bonds. The molecule has 0 radical (unpaired) electrons. The summed E-state index contributed by atoms with van der Waals surface area (Å²) in [7, 11) is 1.44. The Kier molecular flexibility index (Phi) is 6.92. The average molecular weight is 527 g/mol. The molecule has 8 heteroatoms. The van der Waals surface area contributed by atoms with Crippen molar-refractivity contribution >= 4 is 22.7 Å². The van der Waals surface area contributed by atoms with Gasteiger partial charge >= 0.3 is 6.09 Å². The smallest absolute Gasteiger partial charge is 0.410 e. The Morgan fingerprint density at radius 3 is 2.51 bits per heavy atom. The number of rotatable bonds is 5. The van der Waals surface area contributed by atoms with Crippen molar-refractivity contribution in [3.05, 3.63) is 78.1 Å². The van der Waals surface area contributed by atoms with Crippen LogP contribution in [0, 0.1) is 17.1 Å². The number of hydrogen-bond donors (Lipinski definition) is 1. The Balaban J connectivity index is 1.47. The molecule has 5 rings (SSSR count).